The first-order valence-electron chi connectivity index (χ1n) is 6.79. The minimum Gasteiger partial charge on any atom is -0.618 e. The molecule has 0 saturated heterocycles. The highest BCUT2D eigenvalue weighted by molar-refractivity contribution is 7.98. The van der Waals surface area contributed by atoms with Crippen molar-refractivity contribution in [2.45, 2.75) is 10.8 Å². The number of carbonyl (C=O) groups is 1. The van der Waals surface area contributed by atoms with Crippen molar-refractivity contribution < 1.29 is 9.52 Å². The van der Waals surface area contributed by atoms with Crippen molar-refractivity contribution in [1.29, 1.82) is 0 Å². The van der Waals surface area contributed by atoms with Gasteiger partial charge in [0.1, 0.15) is 5.01 Å². The molecule has 2 aromatic heterocycles. The van der Waals surface area contributed by atoms with E-state index in [1.165, 1.54) is 29.3 Å². The van der Waals surface area contributed by atoms with Crippen molar-refractivity contribution in [2.24, 2.45) is 5.73 Å². The number of thioether (sulfide) groups is 1. The molecule has 5 nitrogen and oxygen atoms in total. The molecule has 0 spiro atoms. The highest BCUT2D eigenvalue weighted by atomic mass is 32.2. The Hall–Kier alpha value is -2.38. The van der Waals surface area contributed by atoms with Gasteiger partial charge in [-0.25, -0.2) is 4.98 Å². The van der Waals surface area contributed by atoms with Gasteiger partial charge >= 0.3 is 0 Å². The van der Waals surface area contributed by atoms with Gasteiger partial charge in [-0.15, -0.1) is 11.3 Å². The largest absolute Gasteiger partial charge is 0.618 e. The van der Waals surface area contributed by atoms with Crippen LogP contribution >= 0.6 is 23.1 Å². The van der Waals surface area contributed by atoms with E-state index in [4.69, 9.17) is 5.73 Å². The fraction of sp³-hybridized carbons (Fsp3) is 0.0625. The number of nitrogens with zero attached hydrogens (tertiary/aromatic N) is 2. The first-order valence-corrected chi connectivity index (χ1v) is 8.65. The lowest BCUT2D eigenvalue weighted by Gasteiger charge is -2.01. The Labute approximate surface area is 141 Å². The molecule has 0 aliphatic heterocycles. The molecule has 3 aromatic rings. The van der Waals surface area contributed by atoms with Crippen molar-refractivity contribution in [3.8, 4) is 10.6 Å². The lowest BCUT2D eigenvalue weighted by atomic mass is 10.1. The molecule has 0 atom stereocenters. The summed E-state index contributed by atoms with van der Waals surface area (Å²) in [5.74, 6) is 0.184. The molecule has 0 radical (unpaired) electrons. The van der Waals surface area contributed by atoms with Gasteiger partial charge in [0.25, 0.3) is 5.03 Å². The standard InChI is InChI=1S/C16H13N3O2S2/c17-15(20)11-4-6-12(7-5-11)16-18-13(10-23-16)9-22-14-3-1-2-8-19(14)21/h1-8,10H,9H2,(H2,17,20). The topological polar surface area (TPSA) is 82.9 Å². The van der Waals surface area contributed by atoms with E-state index in [1.54, 1.807) is 24.3 Å². The number of carbonyl (C=O) groups excluding carboxylic acids is 1. The molecule has 0 unspecified atom stereocenters. The molecule has 3 rings (SSSR count). The number of amides is 1. The summed E-state index contributed by atoms with van der Waals surface area (Å²) in [5, 5.41) is 15.1. The van der Waals surface area contributed by atoms with Crippen molar-refractivity contribution in [3.63, 3.8) is 0 Å². The summed E-state index contributed by atoms with van der Waals surface area (Å²) < 4.78 is 0.848. The smallest absolute Gasteiger partial charge is 0.251 e. The predicted molar refractivity (Wildman–Crippen MR) is 91.0 cm³/mol. The minimum absolute atomic E-state index is 0.443. The number of hydrogen-bond acceptors (Lipinski definition) is 5. The first-order chi connectivity index (χ1) is 11.1. The second kappa shape index (κ2) is 6.80. The van der Waals surface area contributed by atoms with Crippen LogP contribution in [0.25, 0.3) is 10.6 Å². The second-order valence-corrected chi connectivity index (χ2v) is 6.59. The Kier molecular flexibility index (Phi) is 4.59. The van der Waals surface area contributed by atoms with Crippen LogP contribution in [0.3, 0.4) is 0 Å². The van der Waals surface area contributed by atoms with E-state index in [0.717, 1.165) is 21.0 Å². The summed E-state index contributed by atoms with van der Waals surface area (Å²) in [7, 11) is 0. The fourth-order valence-electron chi connectivity index (χ4n) is 1.96. The van der Waals surface area contributed by atoms with Crippen molar-refractivity contribution >= 4 is 29.0 Å². The fourth-order valence-corrected chi connectivity index (χ4v) is 3.69. The van der Waals surface area contributed by atoms with Crippen LogP contribution in [-0.2, 0) is 5.75 Å². The molecule has 0 bridgehead atoms. The van der Waals surface area contributed by atoms with E-state index >= 15 is 0 Å². The molecule has 2 heterocycles. The molecule has 0 aliphatic rings. The van der Waals surface area contributed by atoms with Gasteiger partial charge in [0.05, 0.1) is 5.69 Å². The summed E-state index contributed by atoms with van der Waals surface area (Å²) in [5.41, 5.74) is 7.56. The number of primary amides is 1. The van der Waals surface area contributed by atoms with Crippen LogP contribution in [0.2, 0.25) is 0 Å². The van der Waals surface area contributed by atoms with Crippen LogP contribution in [0.1, 0.15) is 16.1 Å². The summed E-state index contributed by atoms with van der Waals surface area (Å²) in [4.78, 5) is 15.6. The van der Waals surface area contributed by atoms with Crippen molar-refractivity contribution in [2.75, 3.05) is 0 Å². The van der Waals surface area contributed by atoms with E-state index in [2.05, 4.69) is 4.98 Å². The third-order valence-corrected chi connectivity index (χ3v) is 5.12. The van der Waals surface area contributed by atoms with Gasteiger partial charge in [0, 0.05) is 34.4 Å². The van der Waals surface area contributed by atoms with E-state index in [9.17, 15) is 10.0 Å². The number of benzene rings is 1. The first kappa shape index (κ1) is 15.5. The Balaban J connectivity index is 1.70. The number of aromatic nitrogens is 2. The summed E-state index contributed by atoms with van der Waals surface area (Å²) in [6.07, 6.45) is 1.48. The predicted octanol–water partition coefficient (Wildman–Crippen LogP) is 2.83. The van der Waals surface area contributed by atoms with Gasteiger partial charge in [0.2, 0.25) is 5.91 Å². The van der Waals surface area contributed by atoms with Gasteiger partial charge < -0.3 is 10.9 Å². The van der Waals surface area contributed by atoms with Crippen LogP contribution in [-0.4, -0.2) is 10.9 Å². The third kappa shape index (κ3) is 3.69. The zero-order valence-corrected chi connectivity index (χ0v) is 13.6. The van der Waals surface area contributed by atoms with Gasteiger partial charge in [-0.2, -0.15) is 4.73 Å². The maximum absolute atomic E-state index is 11.6. The zero-order chi connectivity index (χ0) is 16.2. The van der Waals surface area contributed by atoms with Crippen molar-refractivity contribution in [1.82, 2.24) is 4.98 Å². The molecule has 1 aromatic carbocycles. The number of thiazole rings is 1. The van der Waals surface area contributed by atoms with Crippen LogP contribution in [0, 0.1) is 5.21 Å². The average Bonchev–Trinajstić information content (AvgIpc) is 3.03. The molecule has 116 valence electrons. The molecule has 0 aliphatic carbocycles. The molecule has 0 fully saturated rings. The summed E-state index contributed by atoms with van der Waals surface area (Å²) in [6, 6.07) is 12.4. The SMILES string of the molecule is NC(=O)c1ccc(-c2nc(CSc3cccc[n+]3[O-])cs2)cc1. The third-order valence-electron chi connectivity index (χ3n) is 3.12. The van der Waals surface area contributed by atoms with E-state index in [1.807, 2.05) is 23.6 Å². The summed E-state index contributed by atoms with van der Waals surface area (Å²) in [6.45, 7) is 0. The molecular weight excluding hydrogens is 330 g/mol. The molecule has 23 heavy (non-hydrogen) atoms. The minimum atomic E-state index is -0.443. The summed E-state index contributed by atoms with van der Waals surface area (Å²) >= 11 is 2.98. The van der Waals surface area contributed by atoms with Gasteiger partial charge in [0.15, 0.2) is 6.20 Å². The Morgan fingerprint density at radius 1 is 1.26 bits per heavy atom. The van der Waals surface area contributed by atoms with Crippen LogP contribution in [0.5, 0.6) is 0 Å². The Bertz CT molecular complexity index is 831. The van der Waals surface area contributed by atoms with E-state index in [-0.39, 0.29) is 0 Å². The van der Waals surface area contributed by atoms with E-state index < -0.39 is 5.91 Å². The Morgan fingerprint density at radius 2 is 2.04 bits per heavy atom. The maximum atomic E-state index is 11.6. The molecule has 2 N–H and O–H groups in total. The normalized spacial score (nSPS) is 10.6. The number of pyridine rings is 1. The van der Waals surface area contributed by atoms with Crippen LogP contribution in [0.4, 0.5) is 0 Å². The Morgan fingerprint density at radius 3 is 2.74 bits per heavy atom. The second-order valence-electron chi connectivity index (χ2n) is 4.74. The zero-order valence-electron chi connectivity index (χ0n) is 12.0. The molecular formula is C16H13N3O2S2. The van der Waals surface area contributed by atoms with Crippen LogP contribution in [0.15, 0.2) is 59.1 Å². The maximum Gasteiger partial charge on any atom is 0.251 e. The number of rotatable bonds is 5. The highest BCUT2D eigenvalue weighted by Crippen LogP contribution is 2.27. The highest BCUT2D eigenvalue weighted by Gasteiger charge is 2.09. The average molecular weight is 343 g/mol. The van der Waals surface area contributed by atoms with Gasteiger partial charge in [-0.05, 0) is 30.0 Å². The monoisotopic (exact) mass is 343 g/mol. The molecule has 1 amide bonds. The molecule has 0 saturated carbocycles. The van der Waals surface area contributed by atoms with Crippen molar-refractivity contribution in [3.05, 3.63) is 70.5 Å². The van der Waals surface area contributed by atoms with Gasteiger partial charge in [-0.3, -0.25) is 4.79 Å². The number of hydrogen-bond donors (Lipinski definition) is 1. The number of nitrogens with two attached hydrogens (primary N) is 1. The van der Waals surface area contributed by atoms with Crippen LogP contribution < -0.4 is 10.5 Å². The van der Waals surface area contributed by atoms with Gasteiger partial charge in [-0.1, -0.05) is 12.1 Å². The quantitative estimate of drug-likeness (QED) is 0.439. The lowest BCUT2D eigenvalue weighted by molar-refractivity contribution is -0.645. The molecule has 7 heteroatoms. The van der Waals surface area contributed by atoms with E-state index in [0.29, 0.717) is 16.3 Å². The lowest BCUT2D eigenvalue weighted by Crippen LogP contribution is -2.27.